The number of hydrogen-bond donors (Lipinski definition) is 1. The van der Waals surface area contributed by atoms with Crippen LogP contribution in [-0.4, -0.2) is 29.4 Å². The maximum atomic E-state index is 10.6. The first kappa shape index (κ1) is 15.1. The molecular weight excluding hydrogens is 255 g/mol. The van der Waals surface area contributed by atoms with Gasteiger partial charge in [0.15, 0.2) is 0 Å². The Morgan fingerprint density at radius 3 is 2.05 bits per heavy atom. The number of carboxylic acids is 1. The molecule has 0 saturated carbocycles. The van der Waals surface area contributed by atoms with E-state index >= 15 is 0 Å². The van der Waals surface area contributed by atoms with Crippen LogP contribution in [0, 0.1) is 0 Å². The van der Waals surface area contributed by atoms with Crippen molar-refractivity contribution < 1.29 is 19.2 Å². The molecule has 0 bridgehead atoms. The van der Waals surface area contributed by atoms with Gasteiger partial charge in [0.2, 0.25) is 0 Å². The summed E-state index contributed by atoms with van der Waals surface area (Å²) in [4.78, 5) is 10.6. The molecule has 1 aliphatic heterocycles. The highest BCUT2D eigenvalue weighted by Gasteiger charge is 2.51. The summed E-state index contributed by atoms with van der Waals surface area (Å²) in [5, 5.41) is 8.68. The molecule has 0 aliphatic carbocycles. The molecule has 1 N–H and O–H groups in total. The van der Waals surface area contributed by atoms with E-state index in [4.69, 9.17) is 14.4 Å². The van der Waals surface area contributed by atoms with E-state index in [-0.39, 0.29) is 24.7 Å². The molecule has 2 rings (SSSR count). The van der Waals surface area contributed by atoms with E-state index in [0.29, 0.717) is 6.42 Å². The van der Waals surface area contributed by atoms with Crippen LogP contribution >= 0.6 is 0 Å². The zero-order valence-corrected chi connectivity index (χ0v) is 12.5. The first-order valence-electron chi connectivity index (χ1n) is 6.87. The average Bonchev–Trinajstić information content (AvgIpc) is 2.56. The second-order valence-electron chi connectivity index (χ2n) is 6.22. The molecule has 108 valence electrons. The Labute approximate surface area is 120 Å². The molecule has 1 fully saturated rings. The number of benzene rings is 1. The van der Waals surface area contributed by atoms with Gasteiger partial charge in [0.25, 0.3) is 0 Å². The third-order valence-corrected chi connectivity index (χ3v) is 4.13. The Balaban J connectivity index is 2.06. The Kier molecular flexibility index (Phi) is 3.94. The second kappa shape index (κ2) is 5.22. The maximum absolute atomic E-state index is 10.6. The molecule has 1 saturated heterocycles. The van der Waals surface area contributed by atoms with E-state index in [1.54, 1.807) is 0 Å². The largest absolute Gasteiger partial charge is 0.494 e. The van der Waals surface area contributed by atoms with Crippen LogP contribution < -0.4 is 5.46 Å². The quantitative estimate of drug-likeness (QED) is 0.855. The van der Waals surface area contributed by atoms with Gasteiger partial charge in [0, 0.05) is 6.42 Å². The van der Waals surface area contributed by atoms with E-state index < -0.39 is 5.97 Å². The highest BCUT2D eigenvalue weighted by molar-refractivity contribution is 6.62. The van der Waals surface area contributed by atoms with Crippen LogP contribution in [0.4, 0.5) is 0 Å². The first-order valence-corrected chi connectivity index (χ1v) is 6.87. The Bertz CT molecular complexity index is 477. The van der Waals surface area contributed by atoms with Gasteiger partial charge >= 0.3 is 13.1 Å². The first-order chi connectivity index (χ1) is 9.21. The van der Waals surface area contributed by atoms with Crippen LogP contribution in [0.3, 0.4) is 0 Å². The third kappa shape index (κ3) is 3.05. The van der Waals surface area contributed by atoms with E-state index in [9.17, 15) is 4.79 Å². The Morgan fingerprint density at radius 1 is 1.10 bits per heavy atom. The number of hydrogen-bond acceptors (Lipinski definition) is 3. The zero-order valence-electron chi connectivity index (χ0n) is 12.5. The summed E-state index contributed by atoms with van der Waals surface area (Å²) in [5.74, 6) is -0.778. The normalized spacial score (nSPS) is 20.1. The lowest BCUT2D eigenvalue weighted by molar-refractivity contribution is -0.136. The minimum atomic E-state index is -0.778. The summed E-state index contributed by atoms with van der Waals surface area (Å²) in [7, 11) is -0.367. The lowest BCUT2D eigenvalue weighted by Gasteiger charge is -2.32. The summed E-state index contributed by atoms with van der Waals surface area (Å²) >= 11 is 0. The molecule has 1 aromatic carbocycles. The van der Waals surface area contributed by atoms with Crippen LogP contribution in [0.25, 0.3) is 0 Å². The predicted octanol–water partition coefficient (Wildman–Crippen LogP) is 2.00. The number of rotatable bonds is 4. The summed E-state index contributed by atoms with van der Waals surface area (Å²) in [6, 6.07) is 7.76. The minimum absolute atomic E-state index is 0.149. The van der Waals surface area contributed by atoms with Gasteiger partial charge in [-0.05, 0) is 45.1 Å². The highest BCUT2D eigenvalue weighted by Crippen LogP contribution is 2.36. The van der Waals surface area contributed by atoms with E-state index in [1.807, 2.05) is 52.0 Å². The maximum Gasteiger partial charge on any atom is 0.494 e. The lowest BCUT2D eigenvalue weighted by Crippen LogP contribution is -2.41. The number of aryl methyl sites for hydroxylation is 1. The minimum Gasteiger partial charge on any atom is -0.481 e. The topological polar surface area (TPSA) is 55.8 Å². The molecule has 0 aromatic heterocycles. The van der Waals surface area contributed by atoms with Gasteiger partial charge < -0.3 is 14.4 Å². The predicted molar refractivity (Wildman–Crippen MR) is 78.1 cm³/mol. The van der Waals surface area contributed by atoms with Crippen molar-refractivity contribution in [2.75, 3.05) is 0 Å². The zero-order chi connectivity index (χ0) is 15.0. The number of carboxylic acid groups (broad SMARTS) is 1. The Morgan fingerprint density at radius 2 is 1.60 bits per heavy atom. The fourth-order valence-corrected chi connectivity index (χ4v) is 2.07. The molecule has 0 unspecified atom stereocenters. The molecular formula is C15H21BO4. The van der Waals surface area contributed by atoms with Crippen LogP contribution in [0.2, 0.25) is 0 Å². The molecule has 0 radical (unpaired) electrons. The van der Waals surface area contributed by atoms with Crippen molar-refractivity contribution in [3.05, 3.63) is 29.8 Å². The van der Waals surface area contributed by atoms with Crippen LogP contribution in [0.15, 0.2) is 24.3 Å². The average molecular weight is 276 g/mol. The molecule has 5 heteroatoms. The molecule has 0 amide bonds. The van der Waals surface area contributed by atoms with E-state index in [1.165, 1.54) is 0 Å². The summed E-state index contributed by atoms with van der Waals surface area (Å²) in [6.07, 6.45) is 0.689. The molecule has 4 nitrogen and oxygen atoms in total. The van der Waals surface area contributed by atoms with Crippen molar-refractivity contribution in [2.24, 2.45) is 0 Å². The van der Waals surface area contributed by atoms with Gasteiger partial charge in [-0.1, -0.05) is 24.3 Å². The van der Waals surface area contributed by atoms with Gasteiger partial charge in [-0.25, -0.2) is 0 Å². The third-order valence-electron chi connectivity index (χ3n) is 4.13. The highest BCUT2D eigenvalue weighted by atomic mass is 16.7. The van der Waals surface area contributed by atoms with Crippen molar-refractivity contribution in [3.63, 3.8) is 0 Å². The van der Waals surface area contributed by atoms with E-state index in [0.717, 1.165) is 11.0 Å². The second-order valence-corrected chi connectivity index (χ2v) is 6.22. The van der Waals surface area contributed by atoms with Crippen molar-refractivity contribution >= 4 is 18.6 Å². The smallest absolute Gasteiger partial charge is 0.481 e. The van der Waals surface area contributed by atoms with Gasteiger partial charge in [0.1, 0.15) is 0 Å². The van der Waals surface area contributed by atoms with Crippen molar-refractivity contribution in [3.8, 4) is 0 Å². The van der Waals surface area contributed by atoms with Crippen LogP contribution in [0.1, 0.15) is 39.7 Å². The molecule has 1 aliphatic rings. The molecule has 0 atom stereocenters. The lowest BCUT2D eigenvalue weighted by atomic mass is 9.79. The van der Waals surface area contributed by atoms with Crippen molar-refractivity contribution in [1.82, 2.24) is 0 Å². The van der Waals surface area contributed by atoms with Gasteiger partial charge in [-0.15, -0.1) is 0 Å². The molecule has 1 heterocycles. The van der Waals surface area contributed by atoms with E-state index in [2.05, 4.69) is 0 Å². The Hall–Kier alpha value is -1.33. The van der Waals surface area contributed by atoms with Gasteiger partial charge in [0.05, 0.1) is 11.2 Å². The van der Waals surface area contributed by atoms with Crippen molar-refractivity contribution in [2.45, 2.75) is 51.7 Å². The van der Waals surface area contributed by atoms with Crippen molar-refractivity contribution in [1.29, 1.82) is 0 Å². The fraction of sp³-hybridized carbons (Fsp3) is 0.533. The van der Waals surface area contributed by atoms with Gasteiger partial charge in [-0.3, -0.25) is 4.79 Å². The fourth-order valence-electron chi connectivity index (χ4n) is 2.07. The molecule has 1 aromatic rings. The molecule has 20 heavy (non-hydrogen) atoms. The van der Waals surface area contributed by atoms with Gasteiger partial charge in [-0.2, -0.15) is 0 Å². The monoisotopic (exact) mass is 276 g/mol. The number of carbonyl (C=O) groups is 1. The van der Waals surface area contributed by atoms with Crippen LogP contribution in [0.5, 0.6) is 0 Å². The molecule has 0 spiro atoms. The van der Waals surface area contributed by atoms with Crippen LogP contribution in [-0.2, 0) is 20.5 Å². The SMILES string of the molecule is CC1(C)OB(c2ccc(CCC(=O)O)cc2)OC1(C)C. The summed E-state index contributed by atoms with van der Waals surface area (Å²) in [6.45, 7) is 8.09. The summed E-state index contributed by atoms with van der Waals surface area (Å²) in [5.41, 5.74) is 1.27. The summed E-state index contributed by atoms with van der Waals surface area (Å²) < 4.78 is 11.9. The standard InChI is InChI=1S/C15H21BO4/c1-14(2)15(3,4)20-16(19-14)12-8-5-11(6-9-12)7-10-13(17)18/h5-6,8-9H,7,10H2,1-4H3,(H,17,18). The number of aliphatic carboxylic acids is 1.